The first-order chi connectivity index (χ1) is 13.9. The molecular formula is C20H13FN2O4S2. The summed E-state index contributed by atoms with van der Waals surface area (Å²) < 4.78 is 20.4. The van der Waals surface area contributed by atoms with E-state index in [0.29, 0.717) is 37.1 Å². The molecule has 1 aliphatic rings. The molecule has 0 saturated carbocycles. The van der Waals surface area contributed by atoms with Crippen LogP contribution in [-0.4, -0.2) is 33.6 Å². The summed E-state index contributed by atoms with van der Waals surface area (Å²) in [7, 11) is 1.51. The molecule has 4 rings (SSSR count). The van der Waals surface area contributed by atoms with E-state index in [1.807, 2.05) is 0 Å². The molecule has 0 spiro atoms. The number of fused-ring (bicyclic) bond motifs is 1. The highest BCUT2D eigenvalue weighted by Crippen LogP contribution is 2.40. The lowest BCUT2D eigenvalue weighted by atomic mass is 10.0. The van der Waals surface area contributed by atoms with Crippen molar-refractivity contribution < 1.29 is 24.1 Å². The van der Waals surface area contributed by atoms with Gasteiger partial charge in [0.05, 0.1) is 23.4 Å². The zero-order valence-corrected chi connectivity index (χ0v) is 16.6. The molecular weight excluding hydrogens is 415 g/mol. The molecule has 0 amide bonds. The molecule has 3 aromatic rings. The molecule has 0 radical (unpaired) electrons. The van der Waals surface area contributed by atoms with Gasteiger partial charge in [-0.05, 0) is 48.6 Å². The number of thiazole rings is 1. The number of aromatic hydroxyl groups is 1. The predicted octanol–water partition coefficient (Wildman–Crippen LogP) is 4.83. The Morgan fingerprint density at radius 2 is 2.10 bits per heavy atom. The number of carboxylic acid groups (broad SMARTS) is 1. The van der Waals surface area contributed by atoms with Gasteiger partial charge < -0.3 is 14.9 Å². The molecule has 0 aliphatic carbocycles. The highest BCUT2D eigenvalue weighted by Gasteiger charge is 2.27. The molecule has 2 N–H and O–H groups in total. The number of halogens is 1. The van der Waals surface area contributed by atoms with E-state index in [4.69, 9.17) is 17.0 Å². The largest absolute Gasteiger partial charge is 0.497 e. The Bertz CT molecular complexity index is 1270. The third-order valence-electron chi connectivity index (χ3n) is 4.34. The average Bonchev–Trinajstić information content (AvgIpc) is 3.18. The van der Waals surface area contributed by atoms with Crippen molar-refractivity contribution in [3.63, 3.8) is 0 Å². The van der Waals surface area contributed by atoms with Gasteiger partial charge in [-0.3, -0.25) is 4.57 Å². The molecule has 9 heteroatoms. The molecule has 2 aromatic carbocycles. The van der Waals surface area contributed by atoms with Crippen LogP contribution in [0, 0.1) is 9.77 Å². The maximum absolute atomic E-state index is 13.6. The Balaban J connectivity index is 1.87. The number of methoxy groups -OCH3 is 1. The van der Waals surface area contributed by atoms with E-state index in [1.165, 1.54) is 36.0 Å². The van der Waals surface area contributed by atoms with Gasteiger partial charge in [0.2, 0.25) is 5.88 Å². The fourth-order valence-electron chi connectivity index (χ4n) is 3.03. The van der Waals surface area contributed by atoms with Crippen molar-refractivity contribution in [1.82, 2.24) is 4.57 Å². The number of rotatable bonds is 4. The van der Waals surface area contributed by atoms with Crippen molar-refractivity contribution in [1.29, 1.82) is 0 Å². The van der Waals surface area contributed by atoms with Crippen molar-refractivity contribution in [2.45, 2.75) is 0 Å². The van der Waals surface area contributed by atoms with Gasteiger partial charge in [0, 0.05) is 17.2 Å². The fraction of sp³-hybridized carbons (Fsp3) is 0.0500. The summed E-state index contributed by atoms with van der Waals surface area (Å²) in [5.41, 5.74) is 1.62. The van der Waals surface area contributed by atoms with Gasteiger partial charge in [-0.1, -0.05) is 6.07 Å². The van der Waals surface area contributed by atoms with Gasteiger partial charge in [0.15, 0.2) is 9.67 Å². The number of hydrogen-bond donors (Lipinski definition) is 2. The SMILES string of the molecule is COc1ccc2c(c1)N=C(C(=O)O)C2=Cc1sc(=S)n(-c2cccc(F)c2)c1O. The predicted molar refractivity (Wildman–Crippen MR) is 112 cm³/mol. The Morgan fingerprint density at radius 3 is 2.79 bits per heavy atom. The first kappa shape index (κ1) is 19.0. The maximum Gasteiger partial charge on any atom is 0.355 e. The molecule has 146 valence electrons. The van der Waals surface area contributed by atoms with Crippen LogP contribution in [0.4, 0.5) is 10.1 Å². The minimum absolute atomic E-state index is 0.149. The molecule has 0 atom stereocenters. The third kappa shape index (κ3) is 3.34. The number of aromatic nitrogens is 1. The minimum Gasteiger partial charge on any atom is -0.497 e. The number of nitrogens with zero attached hydrogens (tertiary/aromatic N) is 2. The number of aliphatic carboxylic acids is 1. The smallest absolute Gasteiger partial charge is 0.355 e. The van der Waals surface area contributed by atoms with E-state index >= 15 is 0 Å². The molecule has 2 heterocycles. The van der Waals surface area contributed by atoms with Gasteiger partial charge in [-0.25, -0.2) is 14.2 Å². The van der Waals surface area contributed by atoms with E-state index in [0.717, 1.165) is 11.3 Å². The summed E-state index contributed by atoms with van der Waals surface area (Å²) in [6.07, 6.45) is 1.52. The zero-order valence-electron chi connectivity index (χ0n) is 14.9. The Hall–Kier alpha value is -3.30. The summed E-state index contributed by atoms with van der Waals surface area (Å²) in [4.78, 5) is 16.2. The van der Waals surface area contributed by atoms with Crippen LogP contribution >= 0.6 is 23.6 Å². The first-order valence-corrected chi connectivity index (χ1v) is 9.54. The number of carboxylic acids is 1. The highest BCUT2D eigenvalue weighted by atomic mass is 32.1. The molecule has 29 heavy (non-hydrogen) atoms. The van der Waals surface area contributed by atoms with E-state index in [9.17, 15) is 19.4 Å². The second-order valence-corrected chi connectivity index (χ2v) is 7.75. The average molecular weight is 428 g/mol. The third-order valence-corrected chi connectivity index (χ3v) is 5.65. The molecule has 0 saturated heterocycles. The number of benzene rings is 2. The van der Waals surface area contributed by atoms with E-state index < -0.39 is 11.8 Å². The van der Waals surface area contributed by atoms with Crippen molar-refractivity contribution in [3.8, 4) is 17.3 Å². The minimum atomic E-state index is -1.20. The second-order valence-electron chi connectivity index (χ2n) is 6.08. The molecule has 0 unspecified atom stereocenters. The Labute approximate surface area is 173 Å². The molecule has 1 aromatic heterocycles. The van der Waals surface area contributed by atoms with Crippen LogP contribution in [-0.2, 0) is 4.79 Å². The van der Waals surface area contributed by atoms with Crippen molar-refractivity contribution >= 4 is 52.6 Å². The fourth-order valence-corrected chi connectivity index (χ4v) is 4.32. The number of carbonyl (C=O) groups is 1. The summed E-state index contributed by atoms with van der Waals surface area (Å²) in [6.45, 7) is 0. The quantitative estimate of drug-likeness (QED) is 0.582. The van der Waals surface area contributed by atoms with E-state index in [1.54, 1.807) is 24.3 Å². The summed E-state index contributed by atoms with van der Waals surface area (Å²) in [6, 6.07) is 10.7. The highest BCUT2D eigenvalue weighted by molar-refractivity contribution is 7.73. The standard InChI is InChI=1S/C20H13FN2O4S2/c1-27-12-5-6-13-14(17(19(25)26)22-15(13)8-12)9-16-18(24)23(20(28)29-16)11-4-2-3-10(21)7-11/h2-9,24H,1H3,(H,25,26). The number of hydrogen-bond acceptors (Lipinski definition) is 6. The van der Waals surface area contributed by atoms with Crippen LogP contribution in [0.5, 0.6) is 11.6 Å². The van der Waals surface area contributed by atoms with Crippen LogP contribution in [0.25, 0.3) is 17.3 Å². The summed E-state index contributed by atoms with van der Waals surface area (Å²) in [5.74, 6) is -1.31. The van der Waals surface area contributed by atoms with Gasteiger partial charge >= 0.3 is 5.97 Å². The van der Waals surface area contributed by atoms with Crippen molar-refractivity contribution in [3.05, 3.63) is 62.7 Å². The maximum atomic E-state index is 13.6. The van der Waals surface area contributed by atoms with Crippen LogP contribution in [0.3, 0.4) is 0 Å². The van der Waals surface area contributed by atoms with Gasteiger partial charge in [-0.15, -0.1) is 11.3 Å². The topological polar surface area (TPSA) is 84.0 Å². The lowest BCUT2D eigenvalue weighted by Crippen LogP contribution is -2.11. The second kappa shape index (κ2) is 7.26. The van der Waals surface area contributed by atoms with Gasteiger partial charge in [0.1, 0.15) is 11.6 Å². The van der Waals surface area contributed by atoms with E-state index in [2.05, 4.69) is 4.99 Å². The van der Waals surface area contributed by atoms with E-state index in [-0.39, 0.29) is 11.6 Å². The molecule has 1 aliphatic heterocycles. The van der Waals surface area contributed by atoms with Crippen LogP contribution < -0.4 is 4.74 Å². The molecule has 6 nitrogen and oxygen atoms in total. The Morgan fingerprint density at radius 1 is 1.31 bits per heavy atom. The molecule has 0 bridgehead atoms. The Kier molecular flexibility index (Phi) is 4.77. The monoisotopic (exact) mass is 428 g/mol. The normalized spacial score (nSPS) is 14.0. The van der Waals surface area contributed by atoms with Crippen LogP contribution in [0.15, 0.2) is 47.5 Å². The lowest BCUT2D eigenvalue weighted by molar-refractivity contribution is -0.129. The number of aliphatic imine (C=N–C) groups is 1. The summed E-state index contributed by atoms with van der Waals surface area (Å²) >= 11 is 6.41. The van der Waals surface area contributed by atoms with Gasteiger partial charge in [0.25, 0.3) is 0 Å². The van der Waals surface area contributed by atoms with Crippen molar-refractivity contribution in [2.75, 3.05) is 7.11 Å². The van der Waals surface area contributed by atoms with Gasteiger partial charge in [-0.2, -0.15) is 0 Å². The zero-order chi connectivity index (χ0) is 20.7. The van der Waals surface area contributed by atoms with Crippen molar-refractivity contribution in [2.24, 2.45) is 4.99 Å². The first-order valence-electron chi connectivity index (χ1n) is 8.32. The number of ether oxygens (including phenoxy) is 1. The summed E-state index contributed by atoms with van der Waals surface area (Å²) in [5, 5.41) is 20.3. The lowest BCUT2D eigenvalue weighted by Gasteiger charge is -2.06. The molecule has 0 fully saturated rings. The van der Waals surface area contributed by atoms with Crippen LogP contribution in [0.1, 0.15) is 10.4 Å². The van der Waals surface area contributed by atoms with Crippen LogP contribution in [0.2, 0.25) is 0 Å².